The van der Waals surface area contributed by atoms with E-state index in [9.17, 15) is 4.79 Å². The van der Waals surface area contributed by atoms with Crippen molar-refractivity contribution in [2.75, 3.05) is 26.7 Å². The summed E-state index contributed by atoms with van der Waals surface area (Å²) in [5.74, 6) is 2.22. The lowest BCUT2D eigenvalue weighted by molar-refractivity contribution is 0.0920. The van der Waals surface area contributed by atoms with Crippen molar-refractivity contribution in [1.29, 1.82) is 0 Å². The minimum absolute atomic E-state index is 0.0660. The molecule has 1 fully saturated rings. The van der Waals surface area contributed by atoms with Gasteiger partial charge in [-0.05, 0) is 51.1 Å². The topological polar surface area (TPSA) is 67.6 Å². The van der Waals surface area contributed by atoms with Crippen LogP contribution in [-0.4, -0.2) is 42.7 Å². The molecule has 0 saturated carbocycles. The van der Waals surface area contributed by atoms with Crippen molar-refractivity contribution in [3.8, 4) is 5.75 Å². The number of nitrogens with zero attached hydrogens (tertiary/aromatic N) is 2. The number of methoxy groups -OCH3 is 1. The number of rotatable bonds is 9. The largest absolute Gasteiger partial charge is 0.496 e. The summed E-state index contributed by atoms with van der Waals surface area (Å²) in [6.07, 6.45) is 3.62. The molecule has 1 aromatic heterocycles. The van der Waals surface area contributed by atoms with Crippen LogP contribution in [0, 0.1) is 6.92 Å². The zero-order valence-corrected chi connectivity index (χ0v) is 20.1. The molecule has 0 radical (unpaired) electrons. The average molecular weight is 466 g/mol. The van der Waals surface area contributed by atoms with E-state index >= 15 is 0 Å². The fourth-order valence-corrected chi connectivity index (χ4v) is 5.23. The van der Waals surface area contributed by atoms with Crippen molar-refractivity contribution in [1.82, 2.24) is 15.4 Å². The number of ether oxygens (including phenoxy) is 1. The number of nitrogens with one attached hydrogen (secondary N) is 1. The second kappa shape index (κ2) is 11.4. The van der Waals surface area contributed by atoms with Gasteiger partial charge in [-0.25, -0.2) is 0 Å². The number of benzene rings is 2. The molecular weight excluding hydrogens is 434 g/mol. The molecule has 0 aliphatic carbocycles. The van der Waals surface area contributed by atoms with Gasteiger partial charge in [-0.15, -0.1) is 11.8 Å². The Hall–Kier alpha value is -2.77. The number of carbonyl (C=O) groups is 1. The number of carbonyl (C=O) groups excluding carboxylic acids is 1. The fraction of sp³-hybridized carbons (Fsp3) is 0.385. The van der Waals surface area contributed by atoms with E-state index in [0.29, 0.717) is 17.9 Å². The molecule has 3 aromatic rings. The van der Waals surface area contributed by atoms with Crippen molar-refractivity contribution < 1.29 is 14.1 Å². The van der Waals surface area contributed by atoms with Gasteiger partial charge in [0, 0.05) is 23.1 Å². The molecule has 33 heavy (non-hydrogen) atoms. The third kappa shape index (κ3) is 5.97. The van der Waals surface area contributed by atoms with Gasteiger partial charge in [-0.1, -0.05) is 41.9 Å². The first-order chi connectivity index (χ1) is 16.2. The van der Waals surface area contributed by atoms with Crippen LogP contribution in [0.5, 0.6) is 5.75 Å². The number of likely N-dealkylation sites (tertiary alicyclic amines) is 1. The van der Waals surface area contributed by atoms with Crippen LogP contribution in [0.2, 0.25) is 0 Å². The van der Waals surface area contributed by atoms with E-state index in [2.05, 4.69) is 21.4 Å². The van der Waals surface area contributed by atoms with E-state index in [1.807, 2.05) is 55.5 Å². The first kappa shape index (κ1) is 23.4. The quantitative estimate of drug-likeness (QED) is 0.436. The first-order valence-electron chi connectivity index (χ1n) is 11.4. The van der Waals surface area contributed by atoms with Gasteiger partial charge in [-0.3, -0.25) is 9.69 Å². The van der Waals surface area contributed by atoms with Gasteiger partial charge in [0.25, 0.3) is 5.91 Å². The molecule has 1 unspecified atom stereocenters. The summed E-state index contributed by atoms with van der Waals surface area (Å²) < 4.78 is 11.0. The number of aromatic nitrogens is 1. The number of hydrogen-bond donors (Lipinski definition) is 1. The molecule has 174 valence electrons. The normalized spacial score (nSPS) is 15.2. The molecular formula is C26H31N3O3S. The molecule has 1 saturated heterocycles. The molecule has 1 aliphatic rings. The minimum atomic E-state index is -0.0660. The molecule has 0 spiro atoms. The molecule has 1 N–H and O–H groups in total. The summed E-state index contributed by atoms with van der Waals surface area (Å²) in [5.41, 5.74) is 2.65. The van der Waals surface area contributed by atoms with Crippen LogP contribution in [-0.2, 0) is 5.75 Å². The second-order valence-corrected chi connectivity index (χ2v) is 9.30. The zero-order chi connectivity index (χ0) is 23.0. The number of hydrogen-bond acceptors (Lipinski definition) is 6. The lowest BCUT2D eigenvalue weighted by Gasteiger charge is -2.35. The predicted octanol–water partition coefficient (Wildman–Crippen LogP) is 5.24. The Labute approximate surface area is 199 Å². The van der Waals surface area contributed by atoms with E-state index in [1.165, 1.54) is 19.3 Å². The summed E-state index contributed by atoms with van der Waals surface area (Å²) in [6.45, 7) is 4.49. The molecule has 7 heteroatoms. The Kier molecular flexibility index (Phi) is 8.07. The maximum atomic E-state index is 13.2. The standard InChI is InChI=1S/C26H31N3O3S/c1-19-16-20(32-28-19)18-33-25-13-7-5-11-22(25)26(30)27-17-23(29-14-8-3-9-15-29)21-10-4-6-12-24(21)31-2/h4-7,10-13,16,23H,3,8-9,14-15,17-18H2,1-2H3,(H,27,30). The van der Waals surface area contributed by atoms with Gasteiger partial charge in [0.15, 0.2) is 0 Å². The minimum Gasteiger partial charge on any atom is -0.496 e. The Morgan fingerprint density at radius 3 is 2.67 bits per heavy atom. The summed E-state index contributed by atoms with van der Waals surface area (Å²) >= 11 is 1.58. The van der Waals surface area contributed by atoms with Crippen molar-refractivity contribution in [2.45, 2.75) is 42.9 Å². The first-order valence-corrected chi connectivity index (χ1v) is 12.4. The molecule has 6 nitrogen and oxygen atoms in total. The number of thioether (sulfide) groups is 1. The highest BCUT2D eigenvalue weighted by atomic mass is 32.2. The van der Waals surface area contributed by atoms with Crippen LogP contribution >= 0.6 is 11.8 Å². The van der Waals surface area contributed by atoms with Crippen molar-refractivity contribution in [2.24, 2.45) is 0 Å². The van der Waals surface area contributed by atoms with Gasteiger partial charge < -0.3 is 14.6 Å². The highest BCUT2D eigenvalue weighted by molar-refractivity contribution is 7.98. The third-order valence-corrected chi connectivity index (χ3v) is 7.06. The van der Waals surface area contributed by atoms with Crippen LogP contribution in [0.3, 0.4) is 0 Å². The number of piperidine rings is 1. The molecule has 4 rings (SSSR count). The molecule has 2 aromatic carbocycles. The van der Waals surface area contributed by atoms with E-state index in [-0.39, 0.29) is 11.9 Å². The Morgan fingerprint density at radius 2 is 1.91 bits per heavy atom. The Morgan fingerprint density at radius 1 is 1.15 bits per heavy atom. The summed E-state index contributed by atoms with van der Waals surface area (Å²) in [6, 6.07) is 17.8. The summed E-state index contributed by atoms with van der Waals surface area (Å²) in [4.78, 5) is 16.6. The smallest absolute Gasteiger partial charge is 0.252 e. The Balaban J connectivity index is 1.48. The molecule has 0 bridgehead atoms. The van der Waals surface area contributed by atoms with E-state index < -0.39 is 0 Å². The maximum absolute atomic E-state index is 13.2. The van der Waals surface area contributed by atoms with Gasteiger partial charge in [0.2, 0.25) is 0 Å². The number of aryl methyl sites for hydroxylation is 1. The SMILES string of the molecule is COc1ccccc1C(CNC(=O)c1ccccc1SCc1cc(C)no1)N1CCCCC1. The van der Waals surface area contributed by atoms with Gasteiger partial charge in [-0.2, -0.15) is 0 Å². The van der Waals surface area contributed by atoms with Crippen molar-refractivity contribution in [3.05, 3.63) is 77.2 Å². The van der Waals surface area contributed by atoms with Crippen molar-refractivity contribution >= 4 is 17.7 Å². The third-order valence-electron chi connectivity index (χ3n) is 5.96. The molecule has 1 amide bonds. The molecule has 2 heterocycles. The number of para-hydroxylation sites is 1. The molecule has 1 aliphatic heterocycles. The zero-order valence-electron chi connectivity index (χ0n) is 19.3. The van der Waals surface area contributed by atoms with Crippen molar-refractivity contribution in [3.63, 3.8) is 0 Å². The van der Waals surface area contributed by atoms with Gasteiger partial charge in [0.05, 0.1) is 30.2 Å². The van der Waals surface area contributed by atoms with E-state index in [0.717, 1.165) is 40.8 Å². The molecule has 1 atom stereocenters. The summed E-state index contributed by atoms with van der Waals surface area (Å²) in [7, 11) is 1.70. The van der Waals surface area contributed by atoms with Crippen LogP contribution < -0.4 is 10.1 Å². The fourth-order valence-electron chi connectivity index (χ4n) is 4.31. The number of amides is 1. The second-order valence-electron chi connectivity index (χ2n) is 8.28. The highest BCUT2D eigenvalue weighted by Gasteiger charge is 2.26. The van der Waals surface area contributed by atoms with Crippen LogP contribution in [0.4, 0.5) is 0 Å². The van der Waals surface area contributed by atoms with Gasteiger partial charge >= 0.3 is 0 Å². The van der Waals surface area contributed by atoms with Crippen LogP contribution in [0.15, 0.2) is 64.0 Å². The summed E-state index contributed by atoms with van der Waals surface area (Å²) in [5, 5.41) is 7.14. The maximum Gasteiger partial charge on any atom is 0.252 e. The Bertz CT molecular complexity index is 1060. The van der Waals surface area contributed by atoms with E-state index in [4.69, 9.17) is 9.26 Å². The monoisotopic (exact) mass is 465 g/mol. The highest BCUT2D eigenvalue weighted by Crippen LogP contribution is 2.31. The predicted molar refractivity (Wildman–Crippen MR) is 131 cm³/mol. The lowest BCUT2D eigenvalue weighted by atomic mass is 10.0. The lowest BCUT2D eigenvalue weighted by Crippen LogP contribution is -2.40. The van der Waals surface area contributed by atoms with Gasteiger partial charge in [0.1, 0.15) is 11.5 Å². The average Bonchev–Trinajstić information content (AvgIpc) is 3.29. The van der Waals surface area contributed by atoms with Crippen LogP contribution in [0.25, 0.3) is 0 Å². The van der Waals surface area contributed by atoms with E-state index in [1.54, 1.807) is 18.9 Å². The van der Waals surface area contributed by atoms with Crippen LogP contribution in [0.1, 0.15) is 52.7 Å².